The highest BCUT2D eigenvalue weighted by atomic mass is 16.5. The first kappa shape index (κ1) is 14.0. The second kappa shape index (κ2) is 7.30. The summed E-state index contributed by atoms with van der Waals surface area (Å²) in [4.78, 5) is 0. The van der Waals surface area contributed by atoms with E-state index in [1.165, 1.54) is 5.56 Å². The Bertz CT molecular complexity index is 309. The monoisotopic (exact) mass is 237 g/mol. The summed E-state index contributed by atoms with van der Waals surface area (Å²) < 4.78 is 10.8. The molecule has 0 aliphatic rings. The SMILES string of the molecule is CCNC(COC(C)C)c1ccc(OC)cc1. The maximum atomic E-state index is 5.67. The van der Waals surface area contributed by atoms with Gasteiger partial charge in [-0.3, -0.25) is 0 Å². The molecule has 0 heterocycles. The molecule has 3 nitrogen and oxygen atoms in total. The fourth-order valence-electron chi connectivity index (χ4n) is 1.64. The minimum atomic E-state index is 0.244. The molecule has 0 aliphatic heterocycles. The Balaban J connectivity index is 2.67. The van der Waals surface area contributed by atoms with E-state index in [0.717, 1.165) is 12.3 Å². The van der Waals surface area contributed by atoms with Crippen LogP contribution in [0.3, 0.4) is 0 Å². The van der Waals surface area contributed by atoms with Crippen LogP contribution in [0.1, 0.15) is 32.4 Å². The summed E-state index contributed by atoms with van der Waals surface area (Å²) >= 11 is 0. The molecule has 0 saturated heterocycles. The van der Waals surface area contributed by atoms with Crippen molar-refractivity contribution in [2.75, 3.05) is 20.3 Å². The largest absolute Gasteiger partial charge is 0.497 e. The third-order valence-corrected chi connectivity index (χ3v) is 2.56. The van der Waals surface area contributed by atoms with Gasteiger partial charge in [0.25, 0.3) is 0 Å². The highest BCUT2D eigenvalue weighted by Crippen LogP contribution is 2.18. The van der Waals surface area contributed by atoms with Gasteiger partial charge in [-0.25, -0.2) is 0 Å². The number of hydrogen-bond acceptors (Lipinski definition) is 3. The smallest absolute Gasteiger partial charge is 0.118 e. The molecule has 0 bridgehead atoms. The summed E-state index contributed by atoms with van der Waals surface area (Å²) in [5, 5.41) is 3.43. The molecule has 0 fully saturated rings. The summed E-state index contributed by atoms with van der Waals surface area (Å²) in [5.41, 5.74) is 1.23. The van der Waals surface area contributed by atoms with Gasteiger partial charge in [0.2, 0.25) is 0 Å². The van der Waals surface area contributed by atoms with Crippen molar-refractivity contribution < 1.29 is 9.47 Å². The van der Waals surface area contributed by atoms with Gasteiger partial charge >= 0.3 is 0 Å². The summed E-state index contributed by atoms with van der Waals surface area (Å²) in [6.45, 7) is 7.83. The Labute approximate surface area is 104 Å². The van der Waals surface area contributed by atoms with Gasteiger partial charge < -0.3 is 14.8 Å². The van der Waals surface area contributed by atoms with E-state index >= 15 is 0 Å². The molecule has 1 aromatic carbocycles. The molecular formula is C14H23NO2. The third kappa shape index (κ3) is 4.75. The van der Waals surface area contributed by atoms with Gasteiger partial charge in [0.1, 0.15) is 5.75 Å². The van der Waals surface area contributed by atoms with Crippen LogP contribution in [0.15, 0.2) is 24.3 Å². The first-order valence-corrected chi connectivity index (χ1v) is 6.16. The fourth-order valence-corrected chi connectivity index (χ4v) is 1.64. The van der Waals surface area contributed by atoms with Crippen molar-refractivity contribution in [3.8, 4) is 5.75 Å². The van der Waals surface area contributed by atoms with Crippen LogP contribution < -0.4 is 10.1 Å². The van der Waals surface area contributed by atoms with Crippen molar-refractivity contribution in [3.05, 3.63) is 29.8 Å². The summed E-state index contributed by atoms with van der Waals surface area (Å²) in [6, 6.07) is 8.36. The number of hydrogen-bond donors (Lipinski definition) is 1. The molecule has 0 amide bonds. The van der Waals surface area contributed by atoms with Crippen LogP contribution in [0.5, 0.6) is 5.75 Å². The molecule has 1 N–H and O–H groups in total. The zero-order valence-electron chi connectivity index (χ0n) is 11.2. The number of benzene rings is 1. The lowest BCUT2D eigenvalue weighted by Crippen LogP contribution is -2.26. The second-order valence-electron chi connectivity index (χ2n) is 4.27. The number of methoxy groups -OCH3 is 1. The molecule has 3 heteroatoms. The van der Waals surface area contributed by atoms with E-state index in [0.29, 0.717) is 6.61 Å². The molecule has 1 aromatic rings. The van der Waals surface area contributed by atoms with E-state index in [1.54, 1.807) is 7.11 Å². The summed E-state index contributed by atoms with van der Waals surface area (Å²) in [6.07, 6.45) is 0.259. The molecule has 1 unspecified atom stereocenters. The molecule has 1 atom stereocenters. The Kier molecular flexibility index (Phi) is 6.01. The molecule has 96 valence electrons. The lowest BCUT2D eigenvalue weighted by atomic mass is 10.1. The van der Waals surface area contributed by atoms with Crippen LogP contribution in [0.25, 0.3) is 0 Å². The van der Waals surface area contributed by atoms with Crippen molar-refractivity contribution in [2.24, 2.45) is 0 Å². The van der Waals surface area contributed by atoms with Crippen molar-refractivity contribution in [1.29, 1.82) is 0 Å². The van der Waals surface area contributed by atoms with Gasteiger partial charge in [-0.05, 0) is 38.1 Å². The zero-order valence-corrected chi connectivity index (χ0v) is 11.2. The number of likely N-dealkylation sites (N-methyl/N-ethyl adjacent to an activating group) is 1. The summed E-state index contributed by atoms with van der Waals surface area (Å²) in [5.74, 6) is 0.883. The van der Waals surface area contributed by atoms with Gasteiger partial charge in [0.05, 0.1) is 25.9 Å². The Hall–Kier alpha value is -1.06. The maximum absolute atomic E-state index is 5.67. The third-order valence-electron chi connectivity index (χ3n) is 2.56. The zero-order chi connectivity index (χ0) is 12.7. The van der Waals surface area contributed by atoms with Crippen LogP contribution in [-0.4, -0.2) is 26.4 Å². The average Bonchev–Trinajstić information content (AvgIpc) is 2.34. The van der Waals surface area contributed by atoms with Crippen molar-refractivity contribution in [1.82, 2.24) is 5.32 Å². The molecule has 0 aliphatic carbocycles. The van der Waals surface area contributed by atoms with Crippen LogP contribution in [0.4, 0.5) is 0 Å². The van der Waals surface area contributed by atoms with Gasteiger partial charge in [0, 0.05) is 0 Å². The first-order valence-electron chi connectivity index (χ1n) is 6.16. The standard InChI is InChI=1S/C14H23NO2/c1-5-15-14(10-17-11(2)3)12-6-8-13(16-4)9-7-12/h6-9,11,14-15H,5,10H2,1-4H3. The van der Waals surface area contributed by atoms with E-state index < -0.39 is 0 Å². The Morgan fingerprint density at radius 1 is 1.18 bits per heavy atom. The van der Waals surface area contributed by atoms with Crippen molar-refractivity contribution in [2.45, 2.75) is 32.9 Å². The lowest BCUT2D eigenvalue weighted by Gasteiger charge is -2.20. The molecule has 0 spiro atoms. The minimum absolute atomic E-state index is 0.244. The Morgan fingerprint density at radius 2 is 1.82 bits per heavy atom. The van der Waals surface area contributed by atoms with E-state index in [4.69, 9.17) is 9.47 Å². The van der Waals surface area contributed by atoms with E-state index in [-0.39, 0.29) is 12.1 Å². The number of rotatable bonds is 7. The predicted octanol–water partition coefficient (Wildman–Crippen LogP) is 2.77. The van der Waals surface area contributed by atoms with Crippen LogP contribution in [-0.2, 0) is 4.74 Å². The van der Waals surface area contributed by atoms with E-state index in [1.807, 2.05) is 12.1 Å². The molecule has 0 saturated carbocycles. The van der Waals surface area contributed by atoms with E-state index in [2.05, 4.69) is 38.2 Å². The van der Waals surface area contributed by atoms with E-state index in [9.17, 15) is 0 Å². The van der Waals surface area contributed by atoms with Crippen LogP contribution >= 0.6 is 0 Å². The first-order chi connectivity index (χ1) is 8.17. The van der Waals surface area contributed by atoms with Gasteiger partial charge in [-0.2, -0.15) is 0 Å². The molecule has 1 rings (SSSR count). The molecular weight excluding hydrogens is 214 g/mol. The maximum Gasteiger partial charge on any atom is 0.118 e. The van der Waals surface area contributed by atoms with Crippen LogP contribution in [0.2, 0.25) is 0 Å². The lowest BCUT2D eigenvalue weighted by molar-refractivity contribution is 0.0614. The van der Waals surface area contributed by atoms with Crippen molar-refractivity contribution in [3.63, 3.8) is 0 Å². The minimum Gasteiger partial charge on any atom is -0.497 e. The fraction of sp³-hybridized carbons (Fsp3) is 0.571. The molecule has 17 heavy (non-hydrogen) atoms. The van der Waals surface area contributed by atoms with Crippen LogP contribution in [0, 0.1) is 0 Å². The number of nitrogens with one attached hydrogen (secondary N) is 1. The summed E-state index contributed by atoms with van der Waals surface area (Å²) in [7, 11) is 1.68. The topological polar surface area (TPSA) is 30.5 Å². The average molecular weight is 237 g/mol. The number of ether oxygens (including phenoxy) is 2. The highest BCUT2D eigenvalue weighted by molar-refractivity contribution is 5.29. The van der Waals surface area contributed by atoms with Gasteiger partial charge in [-0.15, -0.1) is 0 Å². The van der Waals surface area contributed by atoms with Gasteiger partial charge in [-0.1, -0.05) is 19.1 Å². The molecule has 0 aromatic heterocycles. The molecule has 0 radical (unpaired) electrons. The normalized spacial score (nSPS) is 12.8. The highest BCUT2D eigenvalue weighted by Gasteiger charge is 2.11. The predicted molar refractivity (Wildman–Crippen MR) is 70.5 cm³/mol. The van der Waals surface area contributed by atoms with Crippen molar-refractivity contribution >= 4 is 0 Å². The van der Waals surface area contributed by atoms with Gasteiger partial charge in [0.15, 0.2) is 0 Å². The quantitative estimate of drug-likeness (QED) is 0.791. The Morgan fingerprint density at radius 3 is 2.29 bits per heavy atom. The second-order valence-corrected chi connectivity index (χ2v) is 4.27.